The molecule has 0 heterocycles. The number of allylic oxidation sites excluding steroid dienone is 3. The van der Waals surface area contributed by atoms with Crippen LogP contribution in [0.4, 0.5) is 0 Å². The van der Waals surface area contributed by atoms with Crippen molar-refractivity contribution in [1.82, 2.24) is 0 Å². The fraction of sp³-hybridized carbons (Fsp3) is 0.333. The van der Waals surface area contributed by atoms with Crippen LogP contribution in [0.5, 0.6) is 0 Å². The minimum absolute atomic E-state index is 0.317. The van der Waals surface area contributed by atoms with Crippen molar-refractivity contribution in [3.05, 3.63) is 48.1 Å². The summed E-state index contributed by atoms with van der Waals surface area (Å²) in [7, 11) is 1.33. The molecule has 0 atom stereocenters. The number of rotatable bonds is 4. The maximum Gasteiger partial charge on any atom is 0.333 e. The van der Waals surface area contributed by atoms with E-state index in [1.807, 2.05) is 18.2 Å². The minimum atomic E-state index is -0.347. The Morgan fingerprint density at radius 2 is 1.79 bits per heavy atom. The fourth-order valence-electron chi connectivity index (χ4n) is 1.05. The molecule has 0 fully saturated rings. The van der Waals surface area contributed by atoms with Gasteiger partial charge in [0.05, 0.1) is 7.11 Å². The van der Waals surface area contributed by atoms with Crippen molar-refractivity contribution in [3.63, 3.8) is 0 Å². The summed E-state index contributed by atoms with van der Waals surface area (Å²) in [5.41, 5.74) is 2.01. The average Bonchev–Trinajstić information content (AvgIpc) is 2.88. The first-order valence-corrected chi connectivity index (χ1v) is 5.79. The molecule has 0 aromatic heterocycles. The smallest absolute Gasteiger partial charge is 0.333 e. The van der Waals surface area contributed by atoms with Crippen LogP contribution in [-0.2, 0) is 19.1 Å². The number of carbonyl (C=O) groups is 2. The zero-order valence-corrected chi connectivity index (χ0v) is 11.7. The third-order valence-corrected chi connectivity index (χ3v) is 2.12. The van der Waals surface area contributed by atoms with E-state index in [4.69, 9.17) is 4.74 Å². The third kappa shape index (κ3) is 7.76. The highest BCUT2D eigenvalue weighted by Crippen LogP contribution is 2.10. The number of hydrogen-bond donors (Lipinski definition) is 0. The largest absolute Gasteiger partial charge is 0.466 e. The van der Waals surface area contributed by atoms with E-state index in [0.29, 0.717) is 17.8 Å². The summed E-state index contributed by atoms with van der Waals surface area (Å²) in [6, 6.07) is 0. The Kier molecular flexibility index (Phi) is 7.93. The Morgan fingerprint density at radius 1 is 1.21 bits per heavy atom. The van der Waals surface area contributed by atoms with Crippen molar-refractivity contribution in [1.29, 1.82) is 0 Å². The minimum Gasteiger partial charge on any atom is -0.466 e. The Balaban J connectivity index is 0.000000399. The van der Waals surface area contributed by atoms with Gasteiger partial charge in [-0.1, -0.05) is 31.4 Å². The molecule has 0 unspecified atom stereocenters. The van der Waals surface area contributed by atoms with Crippen LogP contribution in [0, 0.1) is 0 Å². The van der Waals surface area contributed by atoms with Gasteiger partial charge in [0.15, 0.2) is 0 Å². The number of carbonyl (C=O) groups excluding carboxylic acids is 2. The molecule has 0 saturated carbocycles. The highest BCUT2D eigenvalue weighted by molar-refractivity contribution is 5.87. The molecule has 0 radical (unpaired) electrons. The van der Waals surface area contributed by atoms with E-state index in [1.165, 1.54) is 7.11 Å². The molecular weight excluding hydrogens is 244 g/mol. The quantitative estimate of drug-likeness (QED) is 0.578. The van der Waals surface area contributed by atoms with Crippen molar-refractivity contribution in [2.45, 2.75) is 20.3 Å². The van der Waals surface area contributed by atoms with E-state index >= 15 is 0 Å². The van der Waals surface area contributed by atoms with Crippen LogP contribution >= 0.6 is 0 Å². The second-order valence-electron chi connectivity index (χ2n) is 4.09. The Labute approximate surface area is 114 Å². The van der Waals surface area contributed by atoms with Crippen LogP contribution in [0.3, 0.4) is 0 Å². The average molecular weight is 264 g/mol. The lowest BCUT2D eigenvalue weighted by molar-refractivity contribution is -0.138. The van der Waals surface area contributed by atoms with Gasteiger partial charge in [-0.2, -0.15) is 0 Å². The van der Waals surface area contributed by atoms with Crippen molar-refractivity contribution in [3.8, 4) is 0 Å². The topological polar surface area (TPSA) is 52.6 Å². The molecule has 0 N–H and O–H groups in total. The number of esters is 2. The maximum atomic E-state index is 10.9. The maximum absolute atomic E-state index is 10.9. The molecule has 0 aliphatic heterocycles. The van der Waals surface area contributed by atoms with Crippen LogP contribution in [0.1, 0.15) is 20.3 Å². The molecule has 1 aliphatic carbocycles. The van der Waals surface area contributed by atoms with Gasteiger partial charge in [-0.15, -0.1) is 0 Å². The highest BCUT2D eigenvalue weighted by atomic mass is 16.5. The van der Waals surface area contributed by atoms with Gasteiger partial charge < -0.3 is 9.47 Å². The summed E-state index contributed by atoms with van der Waals surface area (Å²) in [6.45, 7) is 10.5. The lowest BCUT2D eigenvalue weighted by Crippen LogP contribution is -2.07. The molecule has 0 amide bonds. The molecule has 4 nitrogen and oxygen atoms in total. The third-order valence-electron chi connectivity index (χ3n) is 2.12. The standard InChI is InChI=1S/C10H12O2.C5H8O2/c1-8(2)10(11)12-7-9-5-3-4-6-9;1-4(2)5(6)7-3/h3-5H,1,6-7H2,2H3;1H2,2-3H3. The molecule has 19 heavy (non-hydrogen) atoms. The van der Waals surface area contributed by atoms with E-state index in [-0.39, 0.29) is 11.9 Å². The van der Waals surface area contributed by atoms with Gasteiger partial charge in [-0.3, -0.25) is 0 Å². The zero-order chi connectivity index (χ0) is 14.8. The first kappa shape index (κ1) is 16.9. The predicted molar refractivity (Wildman–Crippen MR) is 74.4 cm³/mol. The Morgan fingerprint density at radius 3 is 2.11 bits per heavy atom. The number of hydrogen-bond acceptors (Lipinski definition) is 4. The number of methoxy groups -OCH3 is 1. The molecule has 0 aromatic rings. The van der Waals surface area contributed by atoms with E-state index in [1.54, 1.807) is 13.8 Å². The number of ether oxygens (including phenoxy) is 2. The summed E-state index contributed by atoms with van der Waals surface area (Å²) < 4.78 is 9.21. The molecule has 4 heteroatoms. The van der Waals surface area contributed by atoms with Crippen molar-refractivity contribution in [2.24, 2.45) is 0 Å². The fourth-order valence-corrected chi connectivity index (χ4v) is 1.05. The molecule has 1 aliphatic rings. The summed E-state index contributed by atoms with van der Waals surface area (Å²) >= 11 is 0. The summed E-state index contributed by atoms with van der Waals surface area (Å²) in [4.78, 5) is 21.1. The van der Waals surface area contributed by atoms with Gasteiger partial charge >= 0.3 is 11.9 Å². The second-order valence-corrected chi connectivity index (χ2v) is 4.09. The SMILES string of the molecule is C=C(C)C(=O)OC.C=C(C)C(=O)OCC1=CC=CC1. The van der Waals surface area contributed by atoms with Crippen molar-refractivity contribution in [2.75, 3.05) is 13.7 Å². The van der Waals surface area contributed by atoms with E-state index in [2.05, 4.69) is 17.9 Å². The van der Waals surface area contributed by atoms with E-state index in [0.717, 1.165) is 12.0 Å². The molecule has 0 spiro atoms. The summed E-state index contributed by atoms with van der Waals surface area (Å²) in [5.74, 6) is -0.664. The van der Waals surface area contributed by atoms with Gasteiger partial charge in [0.1, 0.15) is 6.61 Å². The van der Waals surface area contributed by atoms with Gasteiger partial charge in [0.2, 0.25) is 0 Å². The zero-order valence-electron chi connectivity index (χ0n) is 11.7. The van der Waals surface area contributed by atoms with Crippen LogP contribution in [-0.4, -0.2) is 25.7 Å². The van der Waals surface area contributed by atoms with Crippen LogP contribution in [0.15, 0.2) is 48.1 Å². The molecule has 0 saturated heterocycles. The van der Waals surface area contributed by atoms with E-state index < -0.39 is 0 Å². The van der Waals surface area contributed by atoms with Crippen molar-refractivity contribution < 1.29 is 19.1 Å². The summed E-state index contributed by atoms with van der Waals surface area (Å²) in [6.07, 6.45) is 6.85. The second kappa shape index (κ2) is 8.91. The Hall–Kier alpha value is -2.10. The summed E-state index contributed by atoms with van der Waals surface area (Å²) in [5, 5.41) is 0. The van der Waals surface area contributed by atoms with Gasteiger partial charge in [-0.25, -0.2) is 9.59 Å². The monoisotopic (exact) mass is 264 g/mol. The van der Waals surface area contributed by atoms with Crippen LogP contribution in [0.25, 0.3) is 0 Å². The Bertz CT molecular complexity index is 425. The molecular formula is C15H20O4. The van der Waals surface area contributed by atoms with Crippen molar-refractivity contribution >= 4 is 11.9 Å². The first-order valence-electron chi connectivity index (χ1n) is 5.79. The highest BCUT2D eigenvalue weighted by Gasteiger charge is 2.05. The molecule has 104 valence electrons. The van der Waals surface area contributed by atoms with Gasteiger partial charge in [0.25, 0.3) is 0 Å². The van der Waals surface area contributed by atoms with Crippen LogP contribution < -0.4 is 0 Å². The van der Waals surface area contributed by atoms with E-state index in [9.17, 15) is 9.59 Å². The first-order chi connectivity index (χ1) is 8.88. The van der Waals surface area contributed by atoms with Gasteiger partial charge in [0, 0.05) is 11.1 Å². The predicted octanol–water partition coefficient (Wildman–Crippen LogP) is 2.73. The lowest BCUT2D eigenvalue weighted by atomic mass is 10.2. The lowest BCUT2D eigenvalue weighted by Gasteiger charge is -2.03. The molecule has 0 bridgehead atoms. The van der Waals surface area contributed by atoms with Gasteiger partial charge in [-0.05, 0) is 25.8 Å². The van der Waals surface area contributed by atoms with Crippen LogP contribution in [0.2, 0.25) is 0 Å². The normalized spacial score (nSPS) is 11.8. The molecule has 1 rings (SSSR count). The molecule has 0 aromatic carbocycles.